The van der Waals surface area contributed by atoms with Gasteiger partial charge in [0.1, 0.15) is 11.3 Å². The van der Waals surface area contributed by atoms with Gasteiger partial charge in [-0.15, -0.1) is 23.2 Å². The van der Waals surface area contributed by atoms with E-state index < -0.39 is 32.8 Å². The number of nitrogens with zero attached hydrogens (tertiary/aromatic N) is 3. The lowest BCUT2D eigenvalue weighted by molar-refractivity contribution is -0.388. The SMILES string of the molecule is COC(=O)c1cc([N+](=O)[O-])c(N(CCCl)CCCl)cc1[N+](=O)[O-]. The van der Waals surface area contributed by atoms with Crippen molar-refractivity contribution in [1.82, 2.24) is 0 Å². The molecule has 1 aromatic rings. The summed E-state index contributed by atoms with van der Waals surface area (Å²) in [6.45, 7) is 0.397. The van der Waals surface area contributed by atoms with Gasteiger partial charge in [0.15, 0.2) is 0 Å². The van der Waals surface area contributed by atoms with Gasteiger partial charge in [0.25, 0.3) is 11.4 Å². The summed E-state index contributed by atoms with van der Waals surface area (Å²) in [6, 6.07) is 1.79. The number of carbonyl (C=O) groups is 1. The molecule has 0 saturated carbocycles. The molecule has 0 amide bonds. The number of alkyl halides is 2. The average Bonchev–Trinajstić information content (AvgIpc) is 2.52. The topological polar surface area (TPSA) is 116 Å². The summed E-state index contributed by atoms with van der Waals surface area (Å²) >= 11 is 11.3. The van der Waals surface area contributed by atoms with E-state index in [-0.39, 0.29) is 30.5 Å². The number of halogens is 2. The first-order chi connectivity index (χ1) is 10.9. The fraction of sp³-hybridized carbons (Fsp3) is 0.417. The zero-order valence-electron chi connectivity index (χ0n) is 12.0. The number of hydrogen-bond donors (Lipinski definition) is 0. The summed E-state index contributed by atoms with van der Waals surface area (Å²) in [5, 5.41) is 22.4. The van der Waals surface area contributed by atoms with E-state index in [1.54, 1.807) is 0 Å². The first-order valence-corrected chi connectivity index (χ1v) is 7.36. The Hall–Kier alpha value is -2.13. The van der Waals surface area contributed by atoms with Crippen LogP contribution in [0, 0.1) is 20.2 Å². The molecule has 1 aromatic carbocycles. The van der Waals surface area contributed by atoms with Gasteiger partial charge in [-0.05, 0) is 0 Å². The standard InChI is InChI=1S/C12H13Cl2N3O6/c1-23-12(18)8-6-11(17(21)22)10(7-9(8)16(19)20)15(4-2-13)5-3-14/h6-7H,2-5H2,1H3. The highest BCUT2D eigenvalue weighted by molar-refractivity contribution is 6.18. The average molecular weight is 366 g/mol. The molecule has 0 fully saturated rings. The molecular weight excluding hydrogens is 353 g/mol. The first kappa shape index (κ1) is 18.9. The van der Waals surface area contributed by atoms with Crippen LogP contribution in [0.3, 0.4) is 0 Å². The number of ether oxygens (including phenoxy) is 1. The molecule has 0 aliphatic rings. The van der Waals surface area contributed by atoms with Crippen LogP contribution < -0.4 is 4.90 Å². The van der Waals surface area contributed by atoms with E-state index in [0.29, 0.717) is 0 Å². The second-order valence-electron chi connectivity index (χ2n) is 4.23. The number of rotatable bonds is 8. The third kappa shape index (κ3) is 4.42. The Morgan fingerprint density at radius 2 is 1.65 bits per heavy atom. The quantitative estimate of drug-likeness (QED) is 0.300. The van der Waals surface area contributed by atoms with Gasteiger partial charge in [-0.25, -0.2) is 4.79 Å². The Morgan fingerprint density at radius 3 is 2.04 bits per heavy atom. The molecule has 0 aromatic heterocycles. The molecule has 23 heavy (non-hydrogen) atoms. The van der Waals surface area contributed by atoms with Gasteiger partial charge >= 0.3 is 5.97 Å². The van der Waals surface area contributed by atoms with E-state index in [4.69, 9.17) is 23.2 Å². The first-order valence-electron chi connectivity index (χ1n) is 6.29. The molecule has 126 valence electrons. The number of benzene rings is 1. The number of nitro benzene ring substituents is 2. The summed E-state index contributed by atoms with van der Waals surface area (Å²) in [4.78, 5) is 34.0. The van der Waals surface area contributed by atoms with Crippen molar-refractivity contribution in [3.05, 3.63) is 37.9 Å². The summed E-state index contributed by atoms with van der Waals surface area (Å²) in [6.07, 6.45) is 0. The number of hydrogen-bond acceptors (Lipinski definition) is 7. The highest BCUT2D eigenvalue weighted by atomic mass is 35.5. The molecule has 11 heteroatoms. The second kappa shape index (κ2) is 8.49. The van der Waals surface area contributed by atoms with Crippen molar-refractivity contribution in [3.63, 3.8) is 0 Å². The van der Waals surface area contributed by atoms with Crippen molar-refractivity contribution >= 4 is 46.2 Å². The predicted octanol–water partition coefficient (Wildman–Crippen LogP) is 2.57. The third-order valence-electron chi connectivity index (χ3n) is 2.94. The van der Waals surface area contributed by atoms with Crippen molar-refractivity contribution in [1.29, 1.82) is 0 Å². The number of methoxy groups -OCH3 is 1. The molecule has 0 atom stereocenters. The Morgan fingerprint density at radius 1 is 1.13 bits per heavy atom. The molecule has 0 bridgehead atoms. The molecule has 0 heterocycles. The zero-order chi connectivity index (χ0) is 17.6. The maximum Gasteiger partial charge on any atom is 0.345 e. The fourth-order valence-corrected chi connectivity index (χ4v) is 2.35. The number of esters is 1. The molecule has 1 rings (SSSR count). The van der Waals surface area contributed by atoms with Gasteiger partial charge < -0.3 is 9.64 Å². The summed E-state index contributed by atoms with van der Waals surface area (Å²) in [5.74, 6) is -0.756. The minimum atomic E-state index is -1.03. The Bertz CT molecular complexity index is 619. The highest BCUT2D eigenvalue weighted by Crippen LogP contribution is 2.35. The summed E-state index contributed by atoms with van der Waals surface area (Å²) in [5.41, 5.74) is -1.59. The van der Waals surface area contributed by atoms with Crippen LogP contribution in [0.25, 0.3) is 0 Å². The van der Waals surface area contributed by atoms with Crippen molar-refractivity contribution in [2.24, 2.45) is 0 Å². The monoisotopic (exact) mass is 365 g/mol. The van der Waals surface area contributed by atoms with Crippen LogP contribution in [0.4, 0.5) is 17.1 Å². The van der Waals surface area contributed by atoms with Crippen molar-refractivity contribution < 1.29 is 19.4 Å². The minimum Gasteiger partial charge on any atom is -0.465 e. The number of carbonyl (C=O) groups excluding carboxylic acids is 1. The zero-order valence-corrected chi connectivity index (χ0v) is 13.5. The molecule has 0 aliphatic carbocycles. The Labute approximate surface area is 141 Å². The van der Waals surface area contributed by atoms with Gasteiger partial charge in [-0.3, -0.25) is 20.2 Å². The molecule has 0 unspecified atom stereocenters. The van der Waals surface area contributed by atoms with Crippen LogP contribution in [0.2, 0.25) is 0 Å². The van der Waals surface area contributed by atoms with Gasteiger partial charge in [0, 0.05) is 37.0 Å². The van der Waals surface area contributed by atoms with Gasteiger partial charge in [-0.2, -0.15) is 0 Å². The van der Waals surface area contributed by atoms with E-state index in [0.717, 1.165) is 19.2 Å². The Balaban J connectivity index is 3.61. The third-order valence-corrected chi connectivity index (χ3v) is 3.28. The van der Waals surface area contributed by atoms with Crippen LogP contribution in [0.5, 0.6) is 0 Å². The fourth-order valence-electron chi connectivity index (χ4n) is 1.95. The molecule has 0 N–H and O–H groups in total. The van der Waals surface area contributed by atoms with Gasteiger partial charge in [0.2, 0.25) is 0 Å². The maximum atomic E-state index is 11.6. The number of anilines is 1. The van der Waals surface area contributed by atoms with E-state index in [2.05, 4.69) is 4.74 Å². The van der Waals surface area contributed by atoms with E-state index in [1.165, 1.54) is 4.90 Å². The molecule has 0 radical (unpaired) electrons. The lowest BCUT2D eigenvalue weighted by Gasteiger charge is -2.22. The largest absolute Gasteiger partial charge is 0.465 e. The van der Waals surface area contributed by atoms with Crippen molar-refractivity contribution in [2.45, 2.75) is 0 Å². The lowest BCUT2D eigenvalue weighted by Crippen LogP contribution is -2.28. The molecular formula is C12H13Cl2N3O6. The van der Waals surface area contributed by atoms with Gasteiger partial charge in [0.05, 0.1) is 17.0 Å². The van der Waals surface area contributed by atoms with Crippen LogP contribution in [-0.4, -0.2) is 47.8 Å². The lowest BCUT2D eigenvalue weighted by atomic mass is 10.1. The molecule has 0 aliphatic heterocycles. The van der Waals surface area contributed by atoms with Crippen LogP contribution in [0.1, 0.15) is 10.4 Å². The normalized spacial score (nSPS) is 10.2. The van der Waals surface area contributed by atoms with Crippen molar-refractivity contribution in [3.8, 4) is 0 Å². The summed E-state index contributed by atoms with van der Waals surface area (Å²) < 4.78 is 4.44. The van der Waals surface area contributed by atoms with Gasteiger partial charge in [-0.1, -0.05) is 0 Å². The molecule has 9 nitrogen and oxygen atoms in total. The highest BCUT2D eigenvalue weighted by Gasteiger charge is 2.30. The van der Waals surface area contributed by atoms with Crippen LogP contribution >= 0.6 is 23.2 Å². The Kier molecular flexibility index (Phi) is 6.98. The van der Waals surface area contributed by atoms with Crippen LogP contribution in [0.15, 0.2) is 12.1 Å². The smallest absolute Gasteiger partial charge is 0.345 e. The van der Waals surface area contributed by atoms with E-state index >= 15 is 0 Å². The maximum absolute atomic E-state index is 11.6. The van der Waals surface area contributed by atoms with E-state index in [1.807, 2.05) is 0 Å². The van der Waals surface area contributed by atoms with E-state index in [9.17, 15) is 25.0 Å². The molecule has 0 spiro atoms. The van der Waals surface area contributed by atoms with Crippen LogP contribution in [-0.2, 0) is 4.74 Å². The molecule has 0 saturated heterocycles. The number of nitro groups is 2. The van der Waals surface area contributed by atoms with Crippen molar-refractivity contribution in [2.75, 3.05) is 36.9 Å². The predicted molar refractivity (Wildman–Crippen MR) is 84.7 cm³/mol. The minimum absolute atomic E-state index is 0.0318. The summed E-state index contributed by atoms with van der Waals surface area (Å²) in [7, 11) is 1.03. The second-order valence-corrected chi connectivity index (χ2v) is 4.98.